The molecule has 0 saturated carbocycles. The van der Waals surface area contributed by atoms with Gasteiger partial charge in [0.25, 0.3) is 0 Å². The van der Waals surface area contributed by atoms with Crippen molar-refractivity contribution in [1.82, 2.24) is 4.98 Å². The molecule has 0 radical (unpaired) electrons. The first-order valence-electron chi connectivity index (χ1n) is 7.53. The van der Waals surface area contributed by atoms with Crippen LogP contribution in [0.25, 0.3) is 11.5 Å². The summed E-state index contributed by atoms with van der Waals surface area (Å²) < 4.78 is 11.5. The van der Waals surface area contributed by atoms with Crippen molar-refractivity contribution in [3.8, 4) is 17.2 Å². The molecule has 0 saturated heterocycles. The van der Waals surface area contributed by atoms with Crippen LogP contribution in [-0.2, 0) is 6.42 Å². The van der Waals surface area contributed by atoms with E-state index < -0.39 is 0 Å². The van der Waals surface area contributed by atoms with E-state index in [4.69, 9.17) is 20.8 Å². The summed E-state index contributed by atoms with van der Waals surface area (Å²) >= 11 is 5.91. The lowest BCUT2D eigenvalue weighted by Crippen LogP contribution is -2.02. The van der Waals surface area contributed by atoms with Crippen LogP contribution in [0.4, 0.5) is 0 Å². The van der Waals surface area contributed by atoms with Gasteiger partial charge >= 0.3 is 0 Å². The highest BCUT2D eigenvalue weighted by Crippen LogP contribution is 2.23. The fraction of sp³-hybridized carbons (Fsp3) is 0.211. The van der Waals surface area contributed by atoms with Crippen molar-refractivity contribution in [2.24, 2.45) is 0 Å². The van der Waals surface area contributed by atoms with E-state index in [-0.39, 0.29) is 0 Å². The van der Waals surface area contributed by atoms with E-state index in [1.807, 2.05) is 62.4 Å². The van der Waals surface area contributed by atoms with Crippen molar-refractivity contribution < 1.29 is 9.15 Å². The molecule has 0 spiro atoms. The van der Waals surface area contributed by atoms with Gasteiger partial charge in [-0.1, -0.05) is 23.7 Å². The van der Waals surface area contributed by atoms with E-state index >= 15 is 0 Å². The van der Waals surface area contributed by atoms with Crippen LogP contribution in [0.5, 0.6) is 5.75 Å². The van der Waals surface area contributed by atoms with Gasteiger partial charge in [0.1, 0.15) is 11.5 Å². The van der Waals surface area contributed by atoms with E-state index in [2.05, 4.69) is 4.98 Å². The third-order valence-electron chi connectivity index (χ3n) is 3.58. The van der Waals surface area contributed by atoms with Crippen LogP contribution in [0.2, 0.25) is 5.02 Å². The second-order valence-electron chi connectivity index (χ2n) is 5.44. The summed E-state index contributed by atoms with van der Waals surface area (Å²) in [5, 5.41) is 0.698. The Kier molecular flexibility index (Phi) is 4.68. The Balaban J connectivity index is 1.66. The molecule has 3 aromatic rings. The molecule has 0 aliphatic rings. The predicted molar refractivity (Wildman–Crippen MR) is 92.1 cm³/mol. The number of hydrogen-bond acceptors (Lipinski definition) is 3. The second kappa shape index (κ2) is 6.88. The van der Waals surface area contributed by atoms with Crippen molar-refractivity contribution in [1.29, 1.82) is 0 Å². The molecule has 0 amide bonds. The van der Waals surface area contributed by atoms with Crippen LogP contribution in [0.1, 0.15) is 17.0 Å². The minimum Gasteiger partial charge on any atom is -0.493 e. The molecule has 0 aliphatic carbocycles. The monoisotopic (exact) mass is 327 g/mol. The largest absolute Gasteiger partial charge is 0.493 e. The van der Waals surface area contributed by atoms with Gasteiger partial charge in [0, 0.05) is 17.0 Å². The highest BCUT2D eigenvalue weighted by molar-refractivity contribution is 6.30. The lowest BCUT2D eigenvalue weighted by molar-refractivity contribution is 0.319. The molecule has 3 nitrogen and oxygen atoms in total. The van der Waals surface area contributed by atoms with Gasteiger partial charge in [0.2, 0.25) is 5.89 Å². The van der Waals surface area contributed by atoms with Gasteiger partial charge in [-0.25, -0.2) is 4.98 Å². The summed E-state index contributed by atoms with van der Waals surface area (Å²) in [6.45, 7) is 4.54. The van der Waals surface area contributed by atoms with Crippen LogP contribution in [0.3, 0.4) is 0 Å². The molecule has 0 unspecified atom stereocenters. The van der Waals surface area contributed by atoms with Gasteiger partial charge in [0.05, 0.1) is 12.3 Å². The first-order valence-corrected chi connectivity index (χ1v) is 7.91. The maximum atomic E-state index is 5.91. The van der Waals surface area contributed by atoms with Gasteiger partial charge in [-0.15, -0.1) is 0 Å². The molecule has 0 N–H and O–H groups in total. The lowest BCUT2D eigenvalue weighted by atomic mass is 10.2. The Hall–Kier alpha value is -2.26. The number of hydrogen-bond donors (Lipinski definition) is 0. The molecule has 4 heteroatoms. The number of aryl methyl sites for hydroxylation is 2. The summed E-state index contributed by atoms with van der Waals surface area (Å²) in [6, 6.07) is 15.5. The zero-order valence-corrected chi connectivity index (χ0v) is 13.9. The van der Waals surface area contributed by atoms with Crippen molar-refractivity contribution in [2.75, 3.05) is 6.61 Å². The summed E-state index contributed by atoms with van der Waals surface area (Å²) in [4.78, 5) is 4.57. The number of aromatic nitrogens is 1. The number of oxazole rings is 1. The molecule has 1 heterocycles. The first kappa shape index (κ1) is 15.6. The predicted octanol–water partition coefficient (Wildman–Crippen LogP) is 5.23. The number of rotatable bonds is 5. The van der Waals surface area contributed by atoms with Crippen LogP contribution in [0.15, 0.2) is 52.9 Å². The van der Waals surface area contributed by atoms with Crippen molar-refractivity contribution in [2.45, 2.75) is 20.3 Å². The summed E-state index contributed by atoms with van der Waals surface area (Å²) in [7, 11) is 0. The standard InChI is InChI=1S/C19H18ClNO2/c1-13-4-3-5-17(12-13)22-11-10-18-14(2)23-19(21-18)15-6-8-16(20)9-7-15/h3-9,12H,10-11H2,1-2H3. The maximum absolute atomic E-state index is 5.91. The van der Waals surface area contributed by atoms with E-state index in [9.17, 15) is 0 Å². The Labute approximate surface area is 140 Å². The minimum atomic E-state index is 0.566. The number of nitrogens with zero attached hydrogens (tertiary/aromatic N) is 1. The Bertz CT molecular complexity index is 793. The molecular formula is C19H18ClNO2. The van der Waals surface area contributed by atoms with E-state index in [0.29, 0.717) is 23.9 Å². The van der Waals surface area contributed by atoms with Crippen LogP contribution < -0.4 is 4.74 Å². The summed E-state index contributed by atoms with van der Waals surface area (Å²) in [5.41, 5.74) is 3.02. The summed E-state index contributed by atoms with van der Waals surface area (Å²) in [6.07, 6.45) is 0.705. The molecule has 118 valence electrons. The van der Waals surface area contributed by atoms with Crippen molar-refractivity contribution in [3.05, 3.63) is 70.6 Å². The topological polar surface area (TPSA) is 35.3 Å². The normalized spacial score (nSPS) is 10.7. The maximum Gasteiger partial charge on any atom is 0.226 e. The highest BCUT2D eigenvalue weighted by Gasteiger charge is 2.11. The minimum absolute atomic E-state index is 0.566. The highest BCUT2D eigenvalue weighted by atomic mass is 35.5. The van der Waals surface area contributed by atoms with E-state index in [1.165, 1.54) is 5.56 Å². The van der Waals surface area contributed by atoms with E-state index in [1.54, 1.807) is 0 Å². The molecule has 0 aliphatic heterocycles. The van der Waals surface area contributed by atoms with Crippen molar-refractivity contribution >= 4 is 11.6 Å². The SMILES string of the molecule is Cc1cccc(OCCc2nc(-c3ccc(Cl)cc3)oc2C)c1. The molecule has 1 aromatic heterocycles. The Morgan fingerprint density at radius 1 is 1.09 bits per heavy atom. The van der Waals surface area contributed by atoms with Gasteiger partial charge < -0.3 is 9.15 Å². The summed E-state index contributed by atoms with van der Waals surface area (Å²) in [5.74, 6) is 2.32. The molecule has 23 heavy (non-hydrogen) atoms. The number of benzene rings is 2. The zero-order chi connectivity index (χ0) is 16.2. The smallest absolute Gasteiger partial charge is 0.226 e. The Morgan fingerprint density at radius 3 is 2.61 bits per heavy atom. The first-order chi connectivity index (χ1) is 11.1. The van der Waals surface area contributed by atoms with Crippen molar-refractivity contribution in [3.63, 3.8) is 0 Å². The fourth-order valence-corrected chi connectivity index (χ4v) is 2.47. The third-order valence-corrected chi connectivity index (χ3v) is 3.83. The van der Waals surface area contributed by atoms with Gasteiger partial charge in [-0.3, -0.25) is 0 Å². The Morgan fingerprint density at radius 2 is 1.87 bits per heavy atom. The number of ether oxygens (including phenoxy) is 1. The van der Waals surface area contributed by atoms with Crippen LogP contribution in [-0.4, -0.2) is 11.6 Å². The molecule has 0 fully saturated rings. The van der Waals surface area contributed by atoms with Crippen LogP contribution in [0, 0.1) is 13.8 Å². The third kappa shape index (κ3) is 3.93. The number of halogens is 1. The lowest BCUT2D eigenvalue weighted by Gasteiger charge is -2.05. The molecule has 2 aromatic carbocycles. The van der Waals surface area contributed by atoms with Gasteiger partial charge in [0.15, 0.2) is 0 Å². The molecule has 3 rings (SSSR count). The molecule has 0 bridgehead atoms. The molecule has 0 atom stereocenters. The van der Waals surface area contributed by atoms with Gasteiger partial charge in [-0.05, 0) is 55.8 Å². The van der Waals surface area contributed by atoms with Gasteiger partial charge in [-0.2, -0.15) is 0 Å². The fourth-order valence-electron chi connectivity index (χ4n) is 2.35. The second-order valence-corrected chi connectivity index (χ2v) is 5.88. The zero-order valence-electron chi connectivity index (χ0n) is 13.2. The molecular weight excluding hydrogens is 310 g/mol. The average molecular weight is 328 g/mol. The quantitative estimate of drug-likeness (QED) is 0.643. The average Bonchev–Trinajstić information content (AvgIpc) is 2.89. The van der Waals surface area contributed by atoms with E-state index in [0.717, 1.165) is 22.8 Å². The van der Waals surface area contributed by atoms with Crippen LogP contribution >= 0.6 is 11.6 Å².